The number of aliphatic hydroxyl groups is 1. The van der Waals surface area contributed by atoms with Gasteiger partial charge in [0.2, 0.25) is 11.8 Å². The third kappa shape index (κ3) is 8.37. The number of amides is 3. The van der Waals surface area contributed by atoms with Gasteiger partial charge in [0.1, 0.15) is 23.4 Å². The number of carbonyl (C=O) groups excluding carboxylic acids is 3. The molecule has 0 aromatic heterocycles. The number of phenols is 1. The molecule has 2 atom stereocenters. The maximum atomic E-state index is 13.4. The number of benzene rings is 1. The molecule has 9 heteroatoms. The Bertz CT molecular complexity index is 811. The van der Waals surface area contributed by atoms with Gasteiger partial charge in [-0.05, 0) is 73.1 Å². The van der Waals surface area contributed by atoms with Gasteiger partial charge in [0.15, 0.2) is 0 Å². The Balaban J connectivity index is 3.38. The van der Waals surface area contributed by atoms with Crippen molar-refractivity contribution < 1.29 is 29.3 Å². The second-order valence-electron chi connectivity index (χ2n) is 9.96. The first-order valence-electron chi connectivity index (χ1n) is 10.6. The number of nitrogens with one attached hydrogen (secondary N) is 2. The highest BCUT2D eigenvalue weighted by molar-refractivity contribution is 5.92. The number of aliphatic hydroxyl groups excluding tert-OH is 1. The average Bonchev–Trinajstić information content (AvgIpc) is 2.60. The summed E-state index contributed by atoms with van der Waals surface area (Å²) in [5.74, 6) is -1.18. The highest BCUT2D eigenvalue weighted by atomic mass is 16.6. The molecule has 180 valence electrons. The number of rotatable bonds is 7. The number of hydrogen-bond donors (Lipinski definition) is 4. The second kappa shape index (κ2) is 10.7. The van der Waals surface area contributed by atoms with Crippen LogP contribution in [0.1, 0.15) is 67.0 Å². The van der Waals surface area contributed by atoms with Crippen molar-refractivity contribution in [3.8, 4) is 5.75 Å². The van der Waals surface area contributed by atoms with Crippen molar-refractivity contribution in [2.24, 2.45) is 0 Å². The number of hydrogen-bond acceptors (Lipinski definition) is 6. The number of aromatic hydroxyl groups is 1. The molecule has 0 fully saturated rings. The van der Waals surface area contributed by atoms with Crippen LogP contribution in [0.15, 0.2) is 24.3 Å². The summed E-state index contributed by atoms with van der Waals surface area (Å²) < 4.78 is 5.19. The number of nitrogens with zero attached hydrogens (tertiary/aromatic N) is 1. The van der Waals surface area contributed by atoms with Crippen LogP contribution in [-0.2, 0) is 14.3 Å². The Labute approximate surface area is 190 Å². The van der Waals surface area contributed by atoms with Gasteiger partial charge in [-0.15, -0.1) is 0 Å². The fourth-order valence-corrected chi connectivity index (χ4v) is 3.07. The van der Waals surface area contributed by atoms with Crippen molar-refractivity contribution in [1.29, 1.82) is 0 Å². The molecule has 0 bridgehead atoms. The topological polar surface area (TPSA) is 128 Å². The Kier molecular flexibility index (Phi) is 9.08. The largest absolute Gasteiger partial charge is 0.508 e. The van der Waals surface area contributed by atoms with Crippen molar-refractivity contribution in [1.82, 2.24) is 15.5 Å². The maximum Gasteiger partial charge on any atom is 0.408 e. The number of carbonyl (C=O) groups is 3. The molecule has 0 aliphatic heterocycles. The van der Waals surface area contributed by atoms with Gasteiger partial charge in [-0.2, -0.15) is 0 Å². The van der Waals surface area contributed by atoms with E-state index in [4.69, 9.17) is 4.74 Å². The molecule has 3 amide bonds. The third-order valence-electron chi connectivity index (χ3n) is 4.19. The van der Waals surface area contributed by atoms with Gasteiger partial charge in [0.05, 0.1) is 6.61 Å². The normalized spacial score (nSPS) is 13.8. The van der Waals surface area contributed by atoms with Gasteiger partial charge < -0.3 is 30.5 Å². The summed E-state index contributed by atoms with van der Waals surface area (Å²) >= 11 is 0. The van der Waals surface area contributed by atoms with E-state index in [-0.39, 0.29) is 5.75 Å². The Morgan fingerprint density at radius 1 is 1.09 bits per heavy atom. The predicted molar refractivity (Wildman–Crippen MR) is 121 cm³/mol. The molecule has 0 spiro atoms. The summed E-state index contributed by atoms with van der Waals surface area (Å²) in [5, 5.41) is 25.1. The minimum absolute atomic E-state index is 0.0576. The summed E-state index contributed by atoms with van der Waals surface area (Å²) in [5.41, 5.74) is -0.979. The standard InChI is InChI=1S/C23H37N3O6/c1-14(2)26(20(30)17(13-27)24-21(31)32-23(6,7)8)18(19(29)25-22(3,4)5)15-10-9-11-16(28)12-15/h9-12,14,17-18,27-28H,13H2,1-8H3,(H,24,31)(H,25,29). The fraction of sp³-hybridized carbons (Fsp3) is 0.609. The van der Waals surface area contributed by atoms with Crippen LogP contribution in [0.3, 0.4) is 0 Å². The van der Waals surface area contributed by atoms with Crippen LogP contribution in [-0.4, -0.2) is 62.9 Å². The van der Waals surface area contributed by atoms with E-state index in [2.05, 4.69) is 10.6 Å². The fourth-order valence-electron chi connectivity index (χ4n) is 3.07. The SMILES string of the molecule is CC(C)N(C(=O)C(CO)NC(=O)OC(C)(C)C)C(C(=O)NC(C)(C)C)c1cccc(O)c1. The summed E-state index contributed by atoms with van der Waals surface area (Å²) in [7, 11) is 0. The van der Waals surface area contributed by atoms with Crippen LogP contribution in [0.2, 0.25) is 0 Å². The zero-order chi connectivity index (χ0) is 24.9. The van der Waals surface area contributed by atoms with E-state index in [1.165, 1.54) is 17.0 Å². The lowest BCUT2D eigenvalue weighted by molar-refractivity contribution is -0.145. The molecule has 2 unspecified atom stereocenters. The minimum atomic E-state index is -1.32. The Morgan fingerprint density at radius 3 is 2.12 bits per heavy atom. The zero-order valence-corrected chi connectivity index (χ0v) is 20.2. The molecular formula is C23H37N3O6. The van der Waals surface area contributed by atoms with Gasteiger partial charge in [-0.3, -0.25) is 9.59 Å². The maximum absolute atomic E-state index is 13.4. The van der Waals surface area contributed by atoms with Crippen LogP contribution >= 0.6 is 0 Å². The van der Waals surface area contributed by atoms with E-state index in [0.29, 0.717) is 5.56 Å². The van der Waals surface area contributed by atoms with Gasteiger partial charge in [0, 0.05) is 11.6 Å². The highest BCUT2D eigenvalue weighted by Gasteiger charge is 2.38. The quantitative estimate of drug-likeness (QED) is 0.504. The second-order valence-corrected chi connectivity index (χ2v) is 9.96. The summed E-state index contributed by atoms with van der Waals surface area (Å²) in [6.07, 6.45) is -0.860. The van der Waals surface area contributed by atoms with E-state index in [1.807, 2.05) is 20.8 Å². The highest BCUT2D eigenvalue weighted by Crippen LogP contribution is 2.28. The minimum Gasteiger partial charge on any atom is -0.508 e. The lowest BCUT2D eigenvalue weighted by atomic mass is 9.99. The molecular weight excluding hydrogens is 414 g/mol. The van der Waals surface area contributed by atoms with Crippen molar-refractivity contribution >= 4 is 17.9 Å². The molecule has 0 saturated heterocycles. The lowest BCUT2D eigenvalue weighted by Crippen LogP contribution is -2.57. The molecule has 0 aliphatic carbocycles. The van der Waals surface area contributed by atoms with Crippen LogP contribution in [0.25, 0.3) is 0 Å². The first-order valence-corrected chi connectivity index (χ1v) is 10.6. The van der Waals surface area contributed by atoms with Crippen LogP contribution in [0, 0.1) is 0 Å². The molecule has 32 heavy (non-hydrogen) atoms. The van der Waals surface area contributed by atoms with Gasteiger partial charge >= 0.3 is 6.09 Å². The Hall–Kier alpha value is -2.81. The number of phenolic OH excluding ortho intramolecular Hbond substituents is 1. The van der Waals surface area contributed by atoms with Crippen LogP contribution in [0.5, 0.6) is 5.75 Å². The first kappa shape index (κ1) is 27.2. The van der Waals surface area contributed by atoms with Crippen molar-refractivity contribution in [3.63, 3.8) is 0 Å². The Morgan fingerprint density at radius 2 is 1.69 bits per heavy atom. The third-order valence-corrected chi connectivity index (χ3v) is 4.19. The van der Waals surface area contributed by atoms with E-state index in [1.54, 1.807) is 46.8 Å². The summed E-state index contributed by atoms with van der Waals surface area (Å²) in [4.78, 5) is 40.2. The molecule has 1 aromatic rings. The monoisotopic (exact) mass is 451 g/mol. The van der Waals surface area contributed by atoms with Crippen LogP contribution in [0.4, 0.5) is 4.79 Å². The molecule has 0 heterocycles. The van der Waals surface area contributed by atoms with E-state index >= 15 is 0 Å². The molecule has 0 radical (unpaired) electrons. The molecule has 4 N–H and O–H groups in total. The van der Waals surface area contributed by atoms with Crippen LogP contribution < -0.4 is 10.6 Å². The lowest BCUT2D eigenvalue weighted by Gasteiger charge is -2.38. The summed E-state index contributed by atoms with van der Waals surface area (Å²) in [6, 6.07) is 3.17. The average molecular weight is 452 g/mol. The predicted octanol–water partition coefficient (Wildman–Crippen LogP) is 2.47. The molecule has 9 nitrogen and oxygen atoms in total. The first-order chi connectivity index (χ1) is 14.6. The molecule has 1 aromatic carbocycles. The number of alkyl carbamates (subject to hydrolysis) is 1. The molecule has 1 rings (SSSR count). The van der Waals surface area contributed by atoms with Crippen molar-refractivity contribution in [2.75, 3.05) is 6.61 Å². The molecule has 0 saturated carbocycles. The molecule has 0 aliphatic rings. The van der Waals surface area contributed by atoms with Crippen molar-refractivity contribution in [2.45, 2.75) is 84.7 Å². The van der Waals surface area contributed by atoms with Crippen molar-refractivity contribution in [3.05, 3.63) is 29.8 Å². The van der Waals surface area contributed by atoms with E-state index in [0.717, 1.165) is 0 Å². The van der Waals surface area contributed by atoms with E-state index < -0.39 is 53.8 Å². The summed E-state index contributed by atoms with van der Waals surface area (Å²) in [6.45, 7) is 13.2. The van der Waals surface area contributed by atoms with Gasteiger partial charge in [0.25, 0.3) is 0 Å². The van der Waals surface area contributed by atoms with Gasteiger partial charge in [-0.1, -0.05) is 12.1 Å². The zero-order valence-electron chi connectivity index (χ0n) is 20.2. The van der Waals surface area contributed by atoms with E-state index in [9.17, 15) is 24.6 Å². The van der Waals surface area contributed by atoms with Gasteiger partial charge in [-0.25, -0.2) is 4.79 Å². The number of ether oxygens (including phenoxy) is 1. The smallest absolute Gasteiger partial charge is 0.408 e.